The quantitative estimate of drug-likeness (QED) is 0.335. The Hall–Kier alpha value is -0.640. The summed E-state index contributed by atoms with van der Waals surface area (Å²) in [7, 11) is 0. The van der Waals surface area contributed by atoms with Gasteiger partial charge in [0, 0.05) is 6.92 Å². The zero-order chi connectivity index (χ0) is 7.07. The van der Waals surface area contributed by atoms with E-state index in [1.165, 1.54) is 6.92 Å². The van der Waals surface area contributed by atoms with Crippen molar-refractivity contribution in [1.29, 1.82) is 0 Å². The topological polar surface area (TPSA) is 63.4 Å². The molecular weight excluding hydrogens is 122 g/mol. The van der Waals surface area contributed by atoms with E-state index in [2.05, 4.69) is 0 Å². The Balaban J connectivity index is 2.59. The summed E-state index contributed by atoms with van der Waals surface area (Å²) in [6, 6.07) is 0. The summed E-state index contributed by atoms with van der Waals surface area (Å²) >= 11 is 0. The fourth-order valence-corrected chi connectivity index (χ4v) is 0.779. The van der Waals surface area contributed by atoms with Crippen molar-refractivity contribution >= 4 is 0 Å². The molecule has 4 nitrogen and oxygen atoms in total. The Bertz CT molecular complexity index is 139. The third-order valence-electron chi connectivity index (χ3n) is 1.72. The first-order chi connectivity index (χ1) is 4.05. The minimum Gasteiger partial charge on any atom is -0.331 e. The number of nitro groups is 1. The van der Waals surface area contributed by atoms with E-state index in [-0.39, 0.29) is 5.92 Å². The second-order valence-electron chi connectivity index (χ2n) is 2.63. The predicted molar refractivity (Wildman–Crippen MR) is 30.3 cm³/mol. The lowest BCUT2D eigenvalue weighted by molar-refractivity contribution is -0.625. The Morgan fingerprint density at radius 1 is 1.78 bits per heavy atom. The van der Waals surface area contributed by atoms with Gasteiger partial charge in [-0.1, -0.05) is 0 Å². The average molecular weight is 131 g/mol. The van der Waals surface area contributed by atoms with Crippen molar-refractivity contribution in [3.8, 4) is 0 Å². The van der Waals surface area contributed by atoms with Crippen LogP contribution in [0.25, 0.3) is 0 Å². The second-order valence-corrected chi connectivity index (χ2v) is 2.63. The van der Waals surface area contributed by atoms with E-state index in [0.29, 0.717) is 0 Å². The van der Waals surface area contributed by atoms with Crippen LogP contribution in [0.4, 0.5) is 0 Å². The van der Waals surface area contributed by atoms with Crippen LogP contribution < -0.4 is 0 Å². The molecule has 0 aromatic rings. The molecule has 1 atom stereocenters. The standard InChI is InChI=1S/C5H9NO3/c1-5(7,6(8)9)4-2-3-4/h4,7H,2-3H2,1H3. The van der Waals surface area contributed by atoms with Crippen LogP contribution >= 0.6 is 0 Å². The smallest absolute Gasteiger partial charge is 0.322 e. The van der Waals surface area contributed by atoms with Crippen LogP contribution in [-0.4, -0.2) is 15.8 Å². The zero-order valence-electron chi connectivity index (χ0n) is 5.20. The van der Waals surface area contributed by atoms with Gasteiger partial charge in [0.15, 0.2) is 0 Å². The molecule has 0 spiro atoms. The first kappa shape index (κ1) is 6.48. The molecule has 9 heavy (non-hydrogen) atoms. The van der Waals surface area contributed by atoms with Gasteiger partial charge in [-0.25, -0.2) is 0 Å². The minimum atomic E-state index is -1.67. The average Bonchev–Trinajstić information content (AvgIpc) is 2.42. The maximum Gasteiger partial charge on any atom is 0.322 e. The molecule has 52 valence electrons. The number of aliphatic hydroxyl groups is 1. The van der Waals surface area contributed by atoms with E-state index in [0.717, 1.165) is 12.8 Å². The van der Waals surface area contributed by atoms with Gasteiger partial charge >= 0.3 is 5.72 Å². The molecule has 1 rings (SSSR count). The van der Waals surface area contributed by atoms with E-state index in [1.54, 1.807) is 0 Å². The fraction of sp³-hybridized carbons (Fsp3) is 1.00. The molecule has 4 heteroatoms. The Morgan fingerprint density at radius 2 is 2.22 bits per heavy atom. The molecule has 0 heterocycles. The van der Waals surface area contributed by atoms with Crippen LogP contribution in [0.2, 0.25) is 0 Å². The number of hydrogen-bond acceptors (Lipinski definition) is 3. The van der Waals surface area contributed by atoms with Crippen molar-refractivity contribution in [1.82, 2.24) is 0 Å². The summed E-state index contributed by atoms with van der Waals surface area (Å²) in [5.74, 6) is -0.104. The first-order valence-corrected chi connectivity index (χ1v) is 2.92. The van der Waals surface area contributed by atoms with Crippen LogP contribution in [0.3, 0.4) is 0 Å². The summed E-state index contributed by atoms with van der Waals surface area (Å²) < 4.78 is 0. The van der Waals surface area contributed by atoms with Gasteiger partial charge in [0.05, 0.1) is 10.8 Å². The highest BCUT2D eigenvalue weighted by atomic mass is 16.7. The normalized spacial score (nSPS) is 25.1. The molecule has 0 aromatic heterocycles. The molecule has 1 aliphatic rings. The molecule has 0 aliphatic heterocycles. The molecular formula is C5H9NO3. The lowest BCUT2D eigenvalue weighted by Crippen LogP contribution is -2.36. The van der Waals surface area contributed by atoms with E-state index in [4.69, 9.17) is 5.11 Å². The number of rotatable bonds is 2. The molecule has 0 saturated heterocycles. The summed E-state index contributed by atoms with van der Waals surface area (Å²) in [6.45, 7) is 1.25. The summed E-state index contributed by atoms with van der Waals surface area (Å²) in [5.41, 5.74) is -1.67. The zero-order valence-corrected chi connectivity index (χ0v) is 5.20. The maximum atomic E-state index is 10.1. The van der Waals surface area contributed by atoms with Gasteiger partial charge in [0.2, 0.25) is 0 Å². The van der Waals surface area contributed by atoms with Gasteiger partial charge in [-0.2, -0.15) is 0 Å². The van der Waals surface area contributed by atoms with Crippen molar-refractivity contribution < 1.29 is 10.0 Å². The van der Waals surface area contributed by atoms with Crippen molar-refractivity contribution in [2.45, 2.75) is 25.5 Å². The highest BCUT2D eigenvalue weighted by Crippen LogP contribution is 2.39. The summed E-state index contributed by atoms with van der Waals surface area (Å²) in [6.07, 6.45) is 1.57. The van der Waals surface area contributed by atoms with Crippen LogP contribution in [-0.2, 0) is 0 Å². The van der Waals surface area contributed by atoms with Crippen molar-refractivity contribution in [3.05, 3.63) is 10.1 Å². The Kier molecular flexibility index (Phi) is 1.20. The summed E-state index contributed by atoms with van der Waals surface area (Å²) in [4.78, 5) is 9.44. The fourth-order valence-electron chi connectivity index (χ4n) is 0.779. The second kappa shape index (κ2) is 1.67. The van der Waals surface area contributed by atoms with E-state index >= 15 is 0 Å². The molecule has 0 bridgehead atoms. The number of nitrogens with zero attached hydrogens (tertiary/aromatic N) is 1. The van der Waals surface area contributed by atoms with Crippen LogP contribution in [0.1, 0.15) is 19.8 Å². The van der Waals surface area contributed by atoms with Crippen LogP contribution in [0, 0.1) is 16.0 Å². The molecule has 1 N–H and O–H groups in total. The first-order valence-electron chi connectivity index (χ1n) is 2.92. The van der Waals surface area contributed by atoms with Gasteiger partial charge in [0.1, 0.15) is 0 Å². The largest absolute Gasteiger partial charge is 0.331 e. The summed E-state index contributed by atoms with van der Waals surface area (Å²) in [5, 5.41) is 19.1. The third kappa shape index (κ3) is 1.03. The van der Waals surface area contributed by atoms with Crippen molar-refractivity contribution in [2.24, 2.45) is 5.92 Å². The van der Waals surface area contributed by atoms with E-state index in [9.17, 15) is 10.1 Å². The van der Waals surface area contributed by atoms with Gasteiger partial charge in [-0.3, -0.25) is 10.1 Å². The predicted octanol–water partition coefficient (Wildman–Crippen LogP) is 0.382. The number of hydrogen-bond donors (Lipinski definition) is 1. The third-order valence-corrected chi connectivity index (χ3v) is 1.72. The van der Waals surface area contributed by atoms with Gasteiger partial charge in [-0.15, -0.1) is 0 Å². The van der Waals surface area contributed by atoms with E-state index in [1.807, 2.05) is 0 Å². The SMILES string of the molecule is CC(O)(C1CC1)[N+](=O)[O-]. The molecule has 0 amide bonds. The molecule has 1 saturated carbocycles. The molecule has 1 unspecified atom stereocenters. The highest BCUT2D eigenvalue weighted by molar-refractivity contribution is 4.83. The lowest BCUT2D eigenvalue weighted by Gasteiger charge is -2.11. The maximum absolute atomic E-state index is 10.1. The molecule has 0 radical (unpaired) electrons. The van der Waals surface area contributed by atoms with E-state index < -0.39 is 10.6 Å². The van der Waals surface area contributed by atoms with Crippen LogP contribution in [0.15, 0.2) is 0 Å². The highest BCUT2D eigenvalue weighted by Gasteiger charge is 2.50. The molecule has 0 aromatic carbocycles. The Morgan fingerprint density at radius 3 is 2.33 bits per heavy atom. The van der Waals surface area contributed by atoms with Gasteiger partial charge in [-0.05, 0) is 12.8 Å². The van der Waals surface area contributed by atoms with Crippen LogP contribution in [0.5, 0.6) is 0 Å². The van der Waals surface area contributed by atoms with Gasteiger partial charge in [0.25, 0.3) is 0 Å². The van der Waals surface area contributed by atoms with Crippen molar-refractivity contribution in [3.63, 3.8) is 0 Å². The lowest BCUT2D eigenvalue weighted by atomic mass is 10.2. The van der Waals surface area contributed by atoms with Crippen molar-refractivity contribution in [2.75, 3.05) is 0 Å². The minimum absolute atomic E-state index is 0.104. The monoisotopic (exact) mass is 131 g/mol. The van der Waals surface area contributed by atoms with Gasteiger partial charge < -0.3 is 5.11 Å². The molecule has 1 fully saturated rings. The Labute approximate surface area is 52.6 Å². The molecule has 1 aliphatic carbocycles.